The van der Waals surface area contributed by atoms with Crippen LogP contribution < -0.4 is 15.2 Å². The fourth-order valence-electron chi connectivity index (χ4n) is 6.19. The third-order valence-corrected chi connectivity index (χ3v) is 7.81. The number of fused-ring (bicyclic) bond motifs is 3. The normalized spacial score (nSPS) is 29.8. The van der Waals surface area contributed by atoms with E-state index in [1.165, 1.54) is 82.4 Å². The Balaban J connectivity index is 1.17. The molecule has 3 fully saturated rings. The minimum absolute atomic E-state index is 0.565. The van der Waals surface area contributed by atoms with Crippen molar-refractivity contribution in [3.63, 3.8) is 0 Å². The fraction of sp³-hybridized carbons (Fsp3) is 0.680. The second-order valence-corrected chi connectivity index (χ2v) is 9.54. The molecule has 0 amide bonds. The molecule has 0 radical (unpaired) electrons. The monoisotopic (exact) mass is 395 g/mol. The zero-order valence-corrected chi connectivity index (χ0v) is 18.0. The van der Waals surface area contributed by atoms with Crippen LogP contribution in [0.5, 0.6) is 5.75 Å². The number of nitrogens with zero attached hydrogens (tertiary/aromatic N) is 2. The number of rotatable bonds is 6. The van der Waals surface area contributed by atoms with E-state index in [0.29, 0.717) is 6.04 Å². The Bertz CT molecular complexity index is 722. The minimum atomic E-state index is 0.565. The van der Waals surface area contributed by atoms with Gasteiger partial charge >= 0.3 is 0 Å². The molecular weight excluding hydrogens is 358 g/mol. The maximum Gasteiger partial charge on any atom is 0.119 e. The average molecular weight is 396 g/mol. The minimum Gasteiger partial charge on any atom is -0.494 e. The third kappa shape index (κ3) is 4.06. The van der Waals surface area contributed by atoms with Gasteiger partial charge in [-0.25, -0.2) is 5.43 Å². The molecule has 3 atom stereocenters. The Hall–Kier alpha value is -1.52. The van der Waals surface area contributed by atoms with Gasteiger partial charge in [0.2, 0.25) is 0 Å². The van der Waals surface area contributed by atoms with E-state index in [4.69, 9.17) is 4.74 Å². The lowest BCUT2D eigenvalue weighted by molar-refractivity contribution is 0.166. The molecule has 2 heterocycles. The van der Waals surface area contributed by atoms with Gasteiger partial charge in [0.05, 0.1) is 18.3 Å². The Morgan fingerprint density at radius 1 is 1.00 bits per heavy atom. The highest BCUT2D eigenvalue weighted by Crippen LogP contribution is 2.46. The second kappa shape index (κ2) is 8.69. The van der Waals surface area contributed by atoms with Gasteiger partial charge in [-0.2, -0.15) is 0 Å². The van der Waals surface area contributed by atoms with Crippen LogP contribution in [0, 0.1) is 11.8 Å². The topological polar surface area (TPSA) is 27.7 Å². The molecular formula is C25H37N3O. The number of anilines is 1. The summed E-state index contributed by atoms with van der Waals surface area (Å²) in [5, 5.41) is 2.34. The summed E-state index contributed by atoms with van der Waals surface area (Å²) < 4.78 is 6.00. The molecule has 0 spiro atoms. The summed E-state index contributed by atoms with van der Waals surface area (Å²) >= 11 is 0. The average Bonchev–Trinajstić information content (AvgIpc) is 3.40. The predicted molar refractivity (Wildman–Crippen MR) is 119 cm³/mol. The molecule has 1 N–H and O–H groups in total. The number of hydrazine groups is 1. The van der Waals surface area contributed by atoms with Crippen molar-refractivity contribution < 1.29 is 4.74 Å². The van der Waals surface area contributed by atoms with Crippen molar-refractivity contribution in [2.24, 2.45) is 11.8 Å². The number of allylic oxidation sites excluding steroid dienone is 1. The SMILES string of the molecule is CC1=C2CCC3CCCCC3C2NN1c1ccc(OCCCN2CCCC2)cc1. The Labute approximate surface area is 176 Å². The molecule has 0 bridgehead atoms. The summed E-state index contributed by atoms with van der Waals surface area (Å²) in [4.78, 5) is 2.55. The molecule has 1 aromatic rings. The quantitative estimate of drug-likeness (QED) is 0.677. The Morgan fingerprint density at radius 2 is 1.79 bits per heavy atom. The highest BCUT2D eigenvalue weighted by molar-refractivity contribution is 5.56. The molecule has 4 heteroatoms. The van der Waals surface area contributed by atoms with Gasteiger partial charge in [0, 0.05) is 12.2 Å². The number of nitrogens with one attached hydrogen (secondary N) is 1. The zero-order valence-electron chi connectivity index (χ0n) is 18.0. The molecule has 2 aliphatic carbocycles. The van der Waals surface area contributed by atoms with E-state index in [1.54, 1.807) is 5.57 Å². The van der Waals surface area contributed by atoms with Crippen molar-refractivity contribution in [2.45, 2.75) is 70.8 Å². The number of hydrogen-bond acceptors (Lipinski definition) is 4. The number of likely N-dealkylation sites (tertiary alicyclic amines) is 1. The summed E-state index contributed by atoms with van der Waals surface area (Å²) in [6.45, 7) is 6.83. The van der Waals surface area contributed by atoms with E-state index in [-0.39, 0.29) is 0 Å². The van der Waals surface area contributed by atoms with E-state index in [9.17, 15) is 0 Å². The van der Waals surface area contributed by atoms with E-state index in [1.807, 2.05) is 0 Å². The van der Waals surface area contributed by atoms with Crippen LogP contribution in [0.3, 0.4) is 0 Å². The van der Waals surface area contributed by atoms with Crippen LogP contribution in [0.15, 0.2) is 35.5 Å². The second-order valence-electron chi connectivity index (χ2n) is 9.54. The van der Waals surface area contributed by atoms with Crippen LogP contribution in [-0.2, 0) is 0 Å². The van der Waals surface area contributed by atoms with E-state index >= 15 is 0 Å². The Kier molecular flexibility index (Phi) is 5.83. The molecule has 5 rings (SSSR count). The lowest BCUT2D eigenvalue weighted by Crippen LogP contribution is -2.46. The highest BCUT2D eigenvalue weighted by Gasteiger charge is 2.42. The van der Waals surface area contributed by atoms with Crippen molar-refractivity contribution in [1.29, 1.82) is 0 Å². The number of hydrogen-bond donors (Lipinski definition) is 1. The van der Waals surface area contributed by atoms with Gasteiger partial charge in [-0.05, 0) is 100 Å². The number of benzene rings is 1. The fourth-order valence-corrected chi connectivity index (χ4v) is 6.19. The smallest absolute Gasteiger partial charge is 0.119 e. The summed E-state index contributed by atoms with van der Waals surface area (Å²) in [6, 6.07) is 9.26. The first-order valence-electron chi connectivity index (χ1n) is 12.0. The van der Waals surface area contributed by atoms with Crippen molar-refractivity contribution in [2.75, 3.05) is 31.3 Å². The molecule has 1 saturated heterocycles. The van der Waals surface area contributed by atoms with Crippen LogP contribution in [0.25, 0.3) is 0 Å². The molecule has 2 aliphatic heterocycles. The van der Waals surface area contributed by atoms with Crippen molar-refractivity contribution >= 4 is 5.69 Å². The van der Waals surface area contributed by atoms with Gasteiger partial charge in [-0.3, -0.25) is 5.01 Å². The van der Waals surface area contributed by atoms with Crippen LogP contribution in [-0.4, -0.2) is 37.2 Å². The van der Waals surface area contributed by atoms with Crippen molar-refractivity contribution in [3.05, 3.63) is 35.5 Å². The lowest BCUT2D eigenvalue weighted by Gasteiger charge is -2.41. The van der Waals surface area contributed by atoms with Crippen LogP contribution in [0.2, 0.25) is 0 Å². The summed E-state index contributed by atoms with van der Waals surface area (Å²) in [6.07, 6.45) is 12.2. The standard InChI is InChI=1S/C25H37N3O/c1-19-23-14-9-20-7-2-3-8-24(20)25(23)26-28(19)21-10-12-22(13-11-21)29-18-6-17-27-15-4-5-16-27/h10-13,20,24-26H,2-9,14-18H2,1H3. The number of ether oxygens (including phenoxy) is 1. The van der Waals surface area contributed by atoms with E-state index in [2.05, 4.69) is 46.5 Å². The molecule has 158 valence electrons. The first-order chi connectivity index (χ1) is 14.3. The van der Waals surface area contributed by atoms with E-state index in [0.717, 1.165) is 30.6 Å². The van der Waals surface area contributed by atoms with Gasteiger partial charge in [0.25, 0.3) is 0 Å². The predicted octanol–water partition coefficient (Wildman–Crippen LogP) is 5.12. The third-order valence-electron chi connectivity index (χ3n) is 7.81. The van der Waals surface area contributed by atoms with Crippen molar-refractivity contribution in [3.8, 4) is 5.75 Å². The van der Waals surface area contributed by atoms with Gasteiger partial charge in [0.15, 0.2) is 0 Å². The first kappa shape index (κ1) is 19.4. The van der Waals surface area contributed by atoms with Crippen LogP contribution in [0.1, 0.15) is 64.7 Å². The summed E-state index contributed by atoms with van der Waals surface area (Å²) in [5.74, 6) is 2.77. The largest absolute Gasteiger partial charge is 0.494 e. The molecule has 0 aromatic heterocycles. The maximum atomic E-state index is 6.00. The van der Waals surface area contributed by atoms with Crippen molar-refractivity contribution in [1.82, 2.24) is 10.3 Å². The molecule has 3 unspecified atom stereocenters. The van der Waals surface area contributed by atoms with Gasteiger partial charge < -0.3 is 9.64 Å². The summed E-state index contributed by atoms with van der Waals surface area (Å²) in [7, 11) is 0. The first-order valence-corrected chi connectivity index (χ1v) is 12.0. The zero-order chi connectivity index (χ0) is 19.6. The molecule has 2 saturated carbocycles. The lowest BCUT2D eigenvalue weighted by atomic mass is 9.67. The van der Waals surface area contributed by atoms with Crippen LogP contribution >= 0.6 is 0 Å². The summed E-state index contributed by atoms with van der Waals surface area (Å²) in [5.41, 5.74) is 8.20. The van der Waals surface area contributed by atoms with E-state index < -0.39 is 0 Å². The maximum absolute atomic E-state index is 6.00. The highest BCUT2D eigenvalue weighted by atomic mass is 16.5. The molecule has 4 nitrogen and oxygen atoms in total. The van der Waals surface area contributed by atoms with Gasteiger partial charge in [-0.15, -0.1) is 0 Å². The van der Waals surface area contributed by atoms with Gasteiger partial charge in [-0.1, -0.05) is 19.3 Å². The van der Waals surface area contributed by atoms with Gasteiger partial charge in [0.1, 0.15) is 5.75 Å². The van der Waals surface area contributed by atoms with Crippen LogP contribution in [0.4, 0.5) is 5.69 Å². The molecule has 1 aromatic carbocycles. The molecule has 4 aliphatic rings. The molecule has 29 heavy (non-hydrogen) atoms. The Morgan fingerprint density at radius 3 is 2.62 bits per heavy atom.